The molecule has 3 rings (SSSR count). The van der Waals surface area contributed by atoms with E-state index in [-0.39, 0.29) is 18.4 Å². The van der Waals surface area contributed by atoms with Gasteiger partial charge in [-0.15, -0.1) is 11.3 Å². The zero-order valence-electron chi connectivity index (χ0n) is 15.9. The number of thiazole rings is 1. The number of nitrogens with one attached hydrogen (secondary N) is 1. The minimum atomic E-state index is -0.289. The second-order valence-electron chi connectivity index (χ2n) is 6.00. The van der Waals surface area contributed by atoms with E-state index in [1.807, 2.05) is 13.8 Å². The first-order chi connectivity index (χ1) is 13.5. The molecule has 0 bridgehead atoms. The average Bonchev–Trinajstić information content (AvgIpc) is 3.35. The molecule has 0 atom stereocenters. The fourth-order valence-corrected chi connectivity index (χ4v) is 3.53. The molecule has 28 heavy (non-hydrogen) atoms. The number of ether oxygens (including phenoxy) is 1. The molecule has 0 unspecified atom stereocenters. The van der Waals surface area contributed by atoms with Crippen LogP contribution in [-0.2, 0) is 4.79 Å². The van der Waals surface area contributed by atoms with Crippen LogP contribution in [-0.4, -0.2) is 41.9 Å². The molecule has 8 heteroatoms. The molecular formula is C20H21N3O4S. The summed E-state index contributed by atoms with van der Waals surface area (Å²) in [5, 5.41) is 3.43. The number of nitrogens with zero attached hydrogens (tertiary/aromatic N) is 2. The largest absolute Gasteiger partial charge is 0.497 e. The third kappa shape index (κ3) is 4.40. The Balaban J connectivity index is 1.70. The summed E-state index contributed by atoms with van der Waals surface area (Å²) >= 11 is 1.39. The Hall–Kier alpha value is -3.13. The number of likely N-dealkylation sites (N-methyl/N-ethyl adjacent to an activating group) is 1. The Bertz CT molecular complexity index is 966. The lowest BCUT2D eigenvalue weighted by molar-refractivity contribution is -0.116. The second kappa shape index (κ2) is 8.71. The standard InChI is InChI=1S/C20H21N3O4S/c1-4-23(12-17(24)21-14-7-5-8-15(11-14)26-3)20(25)18-13(2)28-19(22-18)16-9-6-10-27-16/h5-11H,4,12H2,1-3H3,(H,21,24). The van der Waals surface area contributed by atoms with Gasteiger partial charge in [0.05, 0.1) is 13.4 Å². The first-order valence-corrected chi connectivity index (χ1v) is 9.58. The highest BCUT2D eigenvalue weighted by molar-refractivity contribution is 7.15. The van der Waals surface area contributed by atoms with Crippen molar-refractivity contribution in [3.05, 3.63) is 53.2 Å². The Kier molecular flexibility index (Phi) is 6.10. The number of aromatic nitrogens is 1. The Morgan fingerprint density at radius 1 is 1.29 bits per heavy atom. The molecule has 2 aromatic heterocycles. The van der Waals surface area contributed by atoms with Crippen LogP contribution in [0.1, 0.15) is 22.3 Å². The zero-order valence-corrected chi connectivity index (χ0v) is 16.7. The second-order valence-corrected chi connectivity index (χ2v) is 7.20. The van der Waals surface area contributed by atoms with Gasteiger partial charge in [-0.3, -0.25) is 9.59 Å². The normalized spacial score (nSPS) is 10.5. The molecule has 0 radical (unpaired) electrons. The topological polar surface area (TPSA) is 84.7 Å². The third-order valence-electron chi connectivity index (χ3n) is 4.09. The predicted molar refractivity (Wildman–Crippen MR) is 108 cm³/mol. The first kappa shape index (κ1) is 19.6. The predicted octanol–water partition coefficient (Wildman–Crippen LogP) is 3.82. The summed E-state index contributed by atoms with van der Waals surface area (Å²) < 4.78 is 10.5. The summed E-state index contributed by atoms with van der Waals surface area (Å²) in [5.41, 5.74) is 0.949. The summed E-state index contributed by atoms with van der Waals surface area (Å²) in [7, 11) is 1.56. The quantitative estimate of drug-likeness (QED) is 0.653. The van der Waals surface area contributed by atoms with Gasteiger partial charge in [-0.05, 0) is 38.1 Å². The Morgan fingerprint density at radius 3 is 2.79 bits per heavy atom. The van der Waals surface area contributed by atoms with E-state index in [9.17, 15) is 9.59 Å². The van der Waals surface area contributed by atoms with Gasteiger partial charge in [0.15, 0.2) is 10.8 Å². The number of aryl methyl sites for hydroxylation is 1. The van der Waals surface area contributed by atoms with E-state index in [1.54, 1.807) is 49.8 Å². The molecule has 0 aliphatic rings. The fourth-order valence-electron chi connectivity index (χ4n) is 2.65. The molecule has 2 heterocycles. The molecule has 7 nitrogen and oxygen atoms in total. The number of amides is 2. The number of rotatable bonds is 7. The first-order valence-electron chi connectivity index (χ1n) is 8.76. The zero-order chi connectivity index (χ0) is 20.1. The van der Waals surface area contributed by atoms with Gasteiger partial charge in [0.25, 0.3) is 5.91 Å². The van der Waals surface area contributed by atoms with Crippen molar-refractivity contribution in [2.75, 3.05) is 25.5 Å². The SMILES string of the molecule is CCN(CC(=O)Nc1cccc(OC)c1)C(=O)c1nc(-c2ccco2)sc1C. The van der Waals surface area contributed by atoms with Gasteiger partial charge < -0.3 is 19.4 Å². The number of methoxy groups -OCH3 is 1. The van der Waals surface area contributed by atoms with Crippen molar-refractivity contribution in [3.8, 4) is 16.5 Å². The number of carbonyl (C=O) groups is 2. The number of carbonyl (C=O) groups excluding carboxylic acids is 2. The molecule has 0 saturated heterocycles. The molecule has 1 aromatic carbocycles. The summed E-state index contributed by atoms with van der Waals surface area (Å²) in [6, 6.07) is 10.6. The van der Waals surface area contributed by atoms with Gasteiger partial charge in [-0.2, -0.15) is 0 Å². The summed E-state index contributed by atoms with van der Waals surface area (Å²) in [5.74, 6) is 0.688. The number of anilines is 1. The van der Waals surface area contributed by atoms with E-state index < -0.39 is 0 Å². The van der Waals surface area contributed by atoms with E-state index in [4.69, 9.17) is 9.15 Å². The van der Waals surface area contributed by atoms with E-state index >= 15 is 0 Å². The molecule has 2 amide bonds. The smallest absolute Gasteiger partial charge is 0.274 e. The highest BCUT2D eigenvalue weighted by Crippen LogP contribution is 2.28. The van der Waals surface area contributed by atoms with Crippen LogP contribution < -0.4 is 10.1 Å². The van der Waals surface area contributed by atoms with Crippen LogP contribution in [0.5, 0.6) is 5.75 Å². The lowest BCUT2D eigenvalue weighted by Crippen LogP contribution is -2.38. The van der Waals surface area contributed by atoms with Gasteiger partial charge in [-0.1, -0.05) is 6.07 Å². The van der Waals surface area contributed by atoms with E-state index in [0.29, 0.717) is 34.4 Å². The molecule has 0 aliphatic heterocycles. The molecule has 0 spiro atoms. The maximum Gasteiger partial charge on any atom is 0.274 e. The molecule has 146 valence electrons. The number of benzene rings is 1. The van der Waals surface area contributed by atoms with Crippen molar-refractivity contribution < 1.29 is 18.7 Å². The van der Waals surface area contributed by atoms with Gasteiger partial charge in [-0.25, -0.2) is 4.98 Å². The third-order valence-corrected chi connectivity index (χ3v) is 5.07. The molecule has 3 aromatic rings. The molecule has 0 aliphatic carbocycles. The highest BCUT2D eigenvalue weighted by Gasteiger charge is 2.23. The van der Waals surface area contributed by atoms with Crippen LogP contribution in [0.3, 0.4) is 0 Å². The molecule has 1 N–H and O–H groups in total. The Morgan fingerprint density at radius 2 is 2.11 bits per heavy atom. The van der Waals surface area contributed by atoms with Crippen molar-refractivity contribution in [2.24, 2.45) is 0 Å². The molecule has 0 saturated carbocycles. The Labute approximate surface area is 167 Å². The lowest BCUT2D eigenvalue weighted by Gasteiger charge is -2.19. The van der Waals surface area contributed by atoms with Gasteiger partial charge in [0.2, 0.25) is 5.91 Å². The fraction of sp³-hybridized carbons (Fsp3) is 0.250. The van der Waals surface area contributed by atoms with Crippen LogP contribution >= 0.6 is 11.3 Å². The minimum absolute atomic E-state index is 0.0698. The monoisotopic (exact) mass is 399 g/mol. The number of hydrogen-bond donors (Lipinski definition) is 1. The summed E-state index contributed by atoms with van der Waals surface area (Å²) in [6.45, 7) is 3.98. The summed E-state index contributed by atoms with van der Waals surface area (Å²) in [4.78, 5) is 32.0. The van der Waals surface area contributed by atoms with Crippen molar-refractivity contribution in [2.45, 2.75) is 13.8 Å². The van der Waals surface area contributed by atoms with E-state index in [2.05, 4.69) is 10.3 Å². The maximum absolute atomic E-state index is 12.9. The van der Waals surface area contributed by atoms with Crippen LogP contribution in [0, 0.1) is 6.92 Å². The van der Waals surface area contributed by atoms with E-state index in [1.165, 1.54) is 16.2 Å². The van der Waals surface area contributed by atoms with Crippen LogP contribution in [0.2, 0.25) is 0 Å². The number of furan rings is 1. The molecular weight excluding hydrogens is 378 g/mol. The minimum Gasteiger partial charge on any atom is -0.497 e. The van der Waals surface area contributed by atoms with E-state index in [0.717, 1.165) is 4.88 Å². The van der Waals surface area contributed by atoms with Gasteiger partial charge in [0.1, 0.15) is 18.0 Å². The van der Waals surface area contributed by atoms with Crippen LogP contribution in [0.25, 0.3) is 10.8 Å². The van der Waals surface area contributed by atoms with Crippen molar-refractivity contribution in [3.63, 3.8) is 0 Å². The maximum atomic E-state index is 12.9. The van der Waals surface area contributed by atoms with Crippen LogP contribution in [0.4, 0.5) is 5.69 Å². The van der Waals surface area contributed by atoms with Crippen LogP contribution in [0.15, 0.2) is 47.1 Å². The van der Waals surface area contributed by atoms with Crippen molar-refractivity contribution in [1.82, 2.24) is 9.88 Å². The van der Waals surface area contributed by atoms with Gasteiger partial charge in [0, 0.05) is 23.2 Å². The average molecular weight is 399 g/mol. The van der Waals surface area contributed by atoms with Crippen molar-refractivity contribution >= 4 is 28.8 Å². The van der Waals surface area contributed by atoms with Gasteiger partial charge >= 0.3 is 0 Å². The van der Waals surface area contributed by atoms with Crippen molar-refractivity contribution in [1.29, 1.82) is 0 Å². The highest BCUT2D eigenvalue weighted by atomic mass is 32.1. The summed E-state index contributed by atoms with van der Waals surface area (Å²) in [6.07, 6.45) is 1.56. The number of hydrogen-bond acceptors (Lipinski definition) is 6. The lowest BCUT2D eigenvalue weighted by atomic mass is 10.3. The molecule has 0 fully saturated rings.